The van der Waals surface area contributed by atoms with E-state index in [4.69, 9.17) is 16.3 Å². The fraction of sp³-hybridized carbons (Fsp3) is 0.333. The summed E-state index contributed by atoms with van der Waals surface area (Å²) in [7, 11) is -2.33. The third-order valence-electron chi connectivity index (χ3n) is 8.73. The van der Waals surface area contributed by atoms with Crippen LogP contribution in [0, 0.1) is 11.2 Å². The van der Waals surface area contributed by atoms with E-state index in [0.717, 1.165) is 24.0 Å². The Morgan fingerprint density at radius 3 is 2.40 bits per heavy atom. The van der Waals surface area contributed by atoms with Gasteiger partial charge in [-0.15, -0.1) is 0 Å². The van der Waals surface area contributed by atoms with E-state index in [2.05, 4.69) is 20.3 Å². The number of aromatic nitrogens is 1. The molecule has 3 aromatic carbocycles. The smallest absolute Gasteiger partial charge is 0.240 e. The van der Waals surface area contributed by atoms with Crippen LogP contribution in [-0.2, 0) is 21.2 Å². The first-order valence-electron chi connectivity index (χ1n) is 15.8. The van der Waals surface area contributed by atoms with Crippen molar-refractivity contribution in [2.24, 2.45) is 5.41 Å². The minimum atomic E-state index is -3.86. The Kier molecular flexibility index (Phi) is 11.8. The van der Waals surface area contributed by atoms with Gasteiger partial charge in [0.05, 0.1) is 12.0 Å². The summed E-state index contributed by atoms with van der Waals surface area (Å²) in [6.45, 7) is 0.891. The Morgan fingerprint density at radius 2 is 1.75 bits per heavy atom. The fourth-order valence-corrected chi connectivity index (χ4v) is 7.06. The third kappa shape index (κ3) is 9.39. The van der Waals surface area contributed by atoms with Gasteiger partial charge >= 0.3 is 0 Å². The van der Waals surface area contributed by atoms with Crippen LogP contribution in [0.25, 0.3) is 0 Å². The van der Waals surface area contributed by atoms with E-state index in [9.17, 15) is 18.3 Å². The summed E-state index contributed by atoms with van der Waals surface area (Å²) < 4.78 is 49.8. The number of carbonyl (C=O) groups excluding carboxylic acids is 1. The minimum Gasteiger partial charge on any atom is -0.481 e. The number of benzene rings is 3. The lowest BCUT2D eigenvalue weighted by molar-refractivity contribution is -0.116. The lowest BCUT2D eigenvalue weighted by Crippen LogP contribution is -2.43. The highest BCUT2D eigenvalue weighted by molar-refractivity contribution is 7.89. The number of amides is 1. The van der Waals surface area contributed by atoms with E-state index in [0.29, 0.717) is 23.1 Å². The maximum atomic E-state index is 15.4. The van der Waals surface area contributed by atoms with Gasteiger partial charge in [-0.25, -0.2) is 22.5 Å². The van der Waals surface area contributed by atoms with Crippen LogP contribution in [0.5, 0.6) is 5.88 Å². The average molecular weight is 695 g/mol. The van der Waals surface area contributed by atoms with Crippen molar-refractivity contribution in [2.75, 3.05) is 32.1 Å². The topological polar surface area (TPSA) is 130 Å². The predicted octanol–water partition coefficient (Wildman–Crippen LogP) is 5.69. The predicted molar refractivity (Wildman–Crippen MR) is 184 cm³/mol. The van der Waals surface area contributed by atoms with E-state index < -0.39 is 21.9 Å². The lowest BCUT2D eigenvalue weighted by Gasteiger charge is -2.22. The van der Waals surface area contributed by atoms with Gasteiger partial charge < -0.3 is 20.5 Å². The van der Waals surface area contributed by atoms with Gasteiger partial charge in [0.25, 0.3) is 0 Å². The molecule has 12 heteroatoms. The Morgan fingerprint density at radius 1 is 1.02 bits per heavy atom. The number of sulfonamides is 1. The highest BCUT2D eigenvalue weighted by Crippen LogP contribution is 2.44. The van der Waals surface area contributed by atoms with E-state index in [1.807, 2.05) is 18.2 Å². The largest absolute Gasteiger partial charge is 0.481 e. The van der Waals surface area contributed by atoms with Gasteiger partial charge in [-0.1, -0.05) is 54.1 Å². The Balaban J connectivity index is 1.32. The molecule has 0 aliphatic heterocycles. The number of hydrogen-bond donors (Lipinski definition) is 4. The van der Waals surface area contributed by atoms with Crippen LogP contribution in [0.15, 0.2) is 96.0 Å². The summed E-state index contributed by atoms with van der Waals surface area (Å²) in [5.41, 5.74) is 2.08. The van der Waals surface area contributed by atoms with Crippen LogP contribution in [0.3, 0.4) is 0 Å². The second-order valence-electron chi connectivity index (χ2n) is 12.2. The third-order valence-corrected chi connectivity index (χ3v) is 10.5. The van der Waals surface area contributed by atoms with Gasteiger partial charge in [0.15, 0.2) is 0 Å². The summed E-state index contributed by atoms with van der Waals surface area (Å²) in [5, 5.41) is 16.5. The molecule has 4 aromatic rings. The molecule has 9 nitrogen and oxygen atoms in total. The molecule has 1 heterocycles. The zero-order valence-electron chi connectivity index (χ0n) is 26.7. The zero-order chi connectivity index (χ0) is 34.1. The van der Waals surface area contributed by atoms with E-state index >= 15 is 4.39 Å². The normalized spacial score (nSPS) is 15.0. The molecule has 48 heavy (non-hydrogen) atoms. The van der Waals surface area contributed by atoms with Crippen molar-refractivity contribution in [3.8, 4) is 5.88 Å². The van der Waals surface area contributed by atoms with Gasteiger partial charge in [-0.2, -0.15) is 0 Å². The molecule has 1 aromatic heterocycles. The molecular weight excluding hydrogens is 655 g/mol. The van der Waals surface area contributed by atoms with Gasteiger partial charge in [0.1, 0.15) is 5.82 Å². The van der Waals surface area contributed by atoms with Crippen LogP contribution in [0.1, 0.15) is 48.3 Å². The maximum Gasteiger partial charge on any atom is 0.240 e. The van der Waals surface area contributed by atoms with Gasteiger partial charge in [-0.05, 0) is 73.2 Å². The van der Waals surface area contributed by atoms with Crippen LogP contribution in [0.4, 0.5) is 10.1 Å². The summed E-state index contributed by atoms with van der Waals surface area (Å²) in [6.07, 6.45) is 3.92. The molecule has 1 aliphatic rings. The van der Waals surface area contributed by atoms with E-state index in [-0.39, 0.29) is 60.1 Å². The molecule has 1 amide bonds. The number of carbonyl (C=O) groups is 1. The molecule has 2 atom stereocenters. The van der Waals surface area contributed by atoms with Gasteiger partial charge in [0.2, 0.25) is 21.8 Å². The van der Waals surface area contributed by atoms with Crippen molar-refractivity contribution >= 4 is 33.2 Å². The second-order valence-corrected chi connectivity index (χ2v) is 14.4. The molecule has 0 bridgehead atoms. The van der Waals surface area contributed by atoms with Crippen LogP contribution in [0.2, 0.25) is 5.02 Å². The summed E-state index contributed by atoms with van der Waals surface area (Å²) in [4.78, 5) is 18.0. The van der Waals surface area contributed by atoms with Crippen molar-refractivity contribution < 1.29 is 27.4 Å². The zero-order valence-corrected chi connectivity index (χ0v) is 28.2. The number of anilines is 1. The number of rotatable bonds is 17. The molecule has 1 saturated carbocycles. The number of nitrogens with zero attached hydrogens (tertiary/aromatic N) is 1. The molecule has 254 valence electrons. The minimum absolute atomic E-state index is 0.0433. The van der Waals surface area contributed by atoms with Gasteiger partial charge in [-0.3, -0.25) is 4.79 Å². The van der Waals surface area contributed by atoms with Crippen LogP contribution >= 0.6 is 11.6 Å². The Labute approximate surface area is 286 Å². The first kappa shape index (κ1) is 35.4. The van der Waals surface area contributed by atoms with Crippen molar-refractivity contribution in [3.05, 3.63) is 119 Å². The molecule has 0 spiro atoms. The second kappa shape index (κ2) is 16.0. The monoisotopic (exact) mass is 694 g/mol. The molecule has 0 radical (unpaired) electrons. The first-order valence-corrected chi connectivity index (χ1v) is 17.7. The van der Waals surface area contributed by atoms with Crippen molar-refractivity contribution in [1.29, 1.82) is 0 Å². The van der Waals surface area contributed by atoms with Crippen LogP contribution in [-0.4, -0.2) is 57.3 Å². The number of halogens is 2. The summed E-state index contributed by atoms with van der Waals surface area (Å²) in [5.74, 6) is -0.757. The first-order chi connectivity index (χ1) is 23.1. The number of nitrogens with one attached hydrogen (secondary N) is 3. The fourth-order valence-electron chi connectivity index (χ4n) is 5.65. The highest BCUT2D eigenvalue weighted by atomic mass is 35.5. The summed E-state index contributed by atoms with van der Waals surface area (Å²) in [6, 6.07) is 22.8. The molecule has 1 unspecified atom stereocenters. The number of hydrogen-bond acceptors (Lipinski definition) is 7. The molecular formula is C36H40ClFN4O5S. The molecule has 4 N–H and O–H groups in total. The number of aliphatic hydroxyl groups excluding tert-OH is 1. The van der Waals surface area contributed by atoms with Crippen molar-refractivity contribution in [1.82, 2.24) is 15.0 Å². The number of methoxy groups -OCH3 is 1. The number of aliphatic hydroxyl groups is 1. The quantitative estimate of drug-likeness (QED) is 0.112. The molecule has 5 rings (SSSR count). The number of pyridine rings is 1. The molecule has 1 fully saturated rings. The SMILES string of the molecule is COc1ccc(C(CC(=O)Nc2cccc(F)c2CC[C@@H](CNCC2(CO)CC2)NS(=O)(=O)c2ccccc2)c2ccc(Cl)cc2)cn1. The molecule has 0 saturated heterocycles. The van der Waals surface area contributed by atoms with Crippen molar-refractivity contribution in [2.45, 2.75) is 49.0 Å². The Hall–Kier alpha value is -3.87. The molecule has 1 aliphatic carbocycles. The average Bonchev–Trinajstić information content (AvgIpc) is 3.88. The highest BCUT2D eigenvalue weighted by Gasteiger charge is 2.41. The summed E-state index contributed by atoms with van der Waals surface area (Å²) >= 11 is 6.13. The maximum absolute atomic E-state index is 15.4. The van der Waals surface area contributed by atoms with E-state index in [1.54, 1.807) is 48.7 Å². The van der Waals surface area contributed by atoms with E-state index in [1.165, 1.54) is 31.4 Å². The standard InChI is InChI=1S/C36H40ClFN4O5S/c1-47-35-17-12-26(21-40-35)31(25-10-13-27(37)14-11-25)20-34(44)41-33-9-5-8-32(38)30(33)16-15-28(22-39-23-36(24-43)18-19-36)42-48(45,46)29-6-3-2-4-7-29/h2-14,17,21,28,31,39,42-43H,15-16,18-20,22-24H2,1H3,(H,41,44)/t28-,31?/m0/s1. The van der Waals surface area contributed by atoms with Crippen LogP contribution < -0.4 is 20.1 Å². The van der Waals surface area contributed by atoms with Crippen molar-refractivity contribution in [3.63, 3.8) is 0 Å². The number of ether oxygens (including phenoxy) is 1. The lowest BCUT2D eigenvalue weighted by atomic mass is 9.89. The van der Waals surface area contributed by atoms with Gasteiger partial charge in [0, 0.05) is 72.0 Å². The Bertz CT molecular complexity index is 1770.